The second kappa shape index (κ2) is 23.9. The van der Waals surface area contributed by atoms with Gasteiger partial charge < -0.3 is 34.4 Å². The van der Waals surface area contributed by atoms with Crippen LogP contribution in [0.4, 0.5) is 30.2 Å². The topological polar surface area (TPSA) is 170 Å². The minimum absolute atomic E-state index is 0. The van der Waals surface area contributed by atoms with Gasteiger partial charge in [-0.1, -0.05) is 89.7 Å². The van der Waals surface area contributed by atoms with Crippen LogP contribution in [0.25, 0.3) is 73.7 Å². The molecule has 0 aliphatic rings. The first kappa shape index (κ1) is 52.0. The Hall–Kier alpha value is -8.82. The second-order valence-electron chi connectivity index (χ2n) is 15.6. The predicted octanol–water partition coefficient (Wildman–Crippen LogP) is 13.2. The number of isothiocyanates is 1. The van der Waals surface area contributed by atoms with Crippen LogP contribution in [-0.2, 0) is 35.2 Å². The summed E-state index contributed by atoms with van der Waals surface area (Å²) in [6, 6.07) is 44.6. The summed E-state index contributed by atoms with van der Waals surface area (Å²) < 4.78 is 54.7. The van der Waals surface area contributed by atoms with Crippen molar-refractivity contribution in [1.82, 2.24) is 30.1 Å². The van der Waals surface area contributed by atoms with Crippen LogP contribution in [0, 0.1) is 13.8 Å². The summed E-state index contributed by atoms with van der Waals surface area (Å²) in [7, 11) is 0. The molecular formula is C55H37F3N8O5RuS. The monoisotopic (exact) mass is 1080 g/mol. The van der Waals surface area contributed by atoms with Gasteiger partial charge in [0.2, 0.25) is 0 Å². The number of rotatable bonds is 12. The summed E-state index contributed by atoms with van der Waals surface area (Å²) in [5.74, 6) is 0.587. The molecule has 6 aromatic heterocycles. The Bertz CT molecular complexity index is 3550. The maximum Gasteiger partial charge on any atom is 2.00 e. The molecule has 13 nitrogen and oxygen atoms in total. The molecular weight excluding hydrogens is 1040 g/mol. The summed E-state index contributed by atoms with van der Waals surface area (Å²) in [4.78, 5) is 41.5. The molecule has 6 heterocycles. The minimum atomic E-state index is -4.54. The van der Waals surface area contributed by atoms with Gasteiger partial charge in [-0.25, -0.2) is 4.98 Å². The molecule has 18 heteroatoms. The molecule has 10 aromatic rings. The molecule has 4 aromatic carbocycles. The van der Waals surface area contributed by atoms with Gasteiger partial charge in [-0.15, -0.1) is 0 Å². The van der Waals surface area contributed by atoms with Gasteiger partial charge in [0.05, 0.1) is 28.5 Å². The molecule has 0 saturated carbocycles. The van der Waals surface area contributed by atoms with E-state index in [4.69, 9.17) is 19.3 Å². The second-order valence-corrected chi connectivity index (χ2v) is 15.8. The number of carbonyl (C=O) groups excluding carboxylic acids is 2. The average molecular weight is 1080 g/mol. The molecule has 10 rings (SSSR count). The molecule has 0 aliphatic heterocycles. The molecule has 0 bridgehead atoms. The largest absolute Gasteiger partial charge is 2.00 e. The third-order valence-corrected chi connectivity index (χ3v) is 10.8. The van der Waals surface area contributed by atoms with Gasteiger partial charge in [-0.05, 0) is 104 Å². The van der Waals surface area contributed by atoms with Gasteiger partial charge in [0.25, 0.3) is 12.9 Å². The average Bonchev–Trinajstić information content (AvgIpc) is 4.05. The van der Waals surface area contributed by atoms with Gasteiger partial charge in [0, 0.05) is 64.6 Å². The molecule has 0 aliphatic carbocycles. The number of pyridine rings is 4. The van der Waals surface area contributed by atoms with E-state index >= 15 is 0 Å². The van der Waals surface area contributed by atoms with Crippen LogP contribution < -0.4 is 19.5 Å². The number of furan rings is 1. The van der Waals surface area contributed by atoms with E-state index in [9.17, 15) is 22.8 Å². The summed E-state index contributed by atoms with van der Waals surface area (Å²) in [6.45, 7) is 4.70. The van der Waals surface area contributed by atoms with E-state index in [2.05, 4.69) is 54.5 Å². The standard InChI is InChI=1S/C31H19N3O5.C23H18F3N4.CNS.Ru/c35-18-37-22-10-12-33-27(15-22)29-17-23(38-19-36)16-28(34-29)26-14-21(9-11-32-26)6-5-20-7-8-31-25(13-20)24-3-1-2-4-30(24)39-31;1-15-3-7-17(8-4-15)30(18-9-5-16(2)6-10-18)19-11-12-27-20(13-19)21-14-22(29-28-21)23(24,25)26;2-1-3;/h1-19H;3-14H,1-2H3;;/q;2*-1;+2/b6-5+;;;. The van der Waals surface area contributed by atoms with Crippen LogP contribution in [0.2, 0.25) is 0 Å². The van der Waals surface area contributed by atoms with Crippen molar-refractivity contribution in [3.8, 4) is 45.7 Å². The number of halogens is 3. The first-order chi connectivity index (χ1) is 34.9. The number of aromatic nitrogens is 6. The SMILES string of the molecule is Cc1ccc(N(c2ccc(C)cc2)c2ccnc(-c3cc(C(F)(F)F)n[n-]3)c2)cc1.O=COc1ccnc(-c2cc(OC=O)cc(-c3cc(/C=C/c4ccc5oc6ccccc6c5c4)ccn3)n2)c1.[N-]=C=S.[Ru+2]. The Labute approximate surface area is 433 Å². The number of alkyl halides is 3. The number of anilines is 3. The van der Waals surface area contributed by atoms with Gasteiger partial charge in [0.15, 0.2) is 0 Å². The van der Waals surface area contributed by atoms with E-state index in [0.29, 0.717) is 47.2 Å². The smallest absolute Gasteiger partial charge is 0.753 e. The maximum atomic E-state index is 12.9. The van der Waals surface area contributed by atoms with E-state index in [1.165, 1.54) is 11.4 Å². The number of thiocarbonyl (C=S) groups is 1. The summed E-state index contributed by atoms with van der Waals surface area (Å²) in [5.41, 5.74) is 9.77. The molecule has 0 unspecified atom stereocenters. The number of para-hydroxylation sites is 1. The van der Waals surface area contributed by atoms with E-state index < -0.39 is 11.9 Å². The van der Waals surface area contributed by atoms with Crippen molar-refractivity contribution < 1.29 is 56.1 Å². The number of hydrogen-bond donors (Lipinski definition) is 0. The van der Waals surface area contributed by atoms with E-state index in [0.717, 1.165) is 67.3 Å². The van der Waals surface area contributed by atoms with Crippen molar-refractivity contribution in [2.75, 3.05) is 4.90 Å². The van der Waals surface area contributed by atoms with Crippen molar-refractivity contribution in [2.45, 2.75) is 20.0 Å². The van der Waals surface area contributed by atoms with Crippen LogP contribution in [0.15, 0.2) is 169 Å². The zero-order valence-electron chi connectivity index (χ0n) is 38.4. The summed E-state index contributed by atoms with van der Waals surface area (Å²) in [5, 5.41) is 17.5. The van der Waals surface area contributed by atoms with Crippen molar-refractivity contribution in [1.29, 1.82) is 0 Å². The molecule has 0 radical (unpaired) electrons. The first-order valence-corrected chi connectivity index (χ1v) is 22.1. The Kier molecular flexibility index (Phi) is 17.0. The molecule has 0 amide bonds. The normalized spacial score (nSPS) is 10.8. The minimum Gasteiger partial charge on any atom is -0.753 e. The Morgan fingerprint density at radius 2 is 1.16 bits per heavy atom. The molecule has 73 heavy (non-hydrogen) atoms. The zero-order chi connectivity index (χ0) is 50.6. The van der Waals surface area contributed by atoms with Crippen LogP contribution in [0.5, 0.6) is 11.5 Å². The van der Waals surface area contributed by atoms with Gasteiger partial charge in [-0.3, -0.25) is 24.5 Å². The third kappa shape index (κ3) is 12.9. The first-order valence-electron chi connectivity index (χ1n) is 21.7. The Morgan fingerprint density at radius 3 is 1.79 bits per heavy atom. The Morgan fingerprint density at radius 1 is 0.616 bits per heavy atom. The van der Waals surface area contributed by atoms with Crippen molar-refractivity contribution in [3.63, 3.8) is 0 Å². The fourth-order valence-electron chi connectivity index (χ4n) is 7.39. The maximum absolute atomic E-state index is 12.9. The van der Waals surface area contributed by atoms with E-state index in [-0.39, 0.29) is 30.9 Å². The molecule has 362 valence electrons. The zero-order valence-corrected chi connectivity index (χ0v) is 41.0. The van der Waals surface area contributed by atoms with Gasteiger partial charge >= 0.3 is 25.7 Å². The fourth-order valence-corrected chi connectivity index (χ4v) is 7.39. The number of benzene rings is 4. The number of fused-ring (bicyclic) bond motifs is 3. The van der Waals surface area contributed by atoms with Crippen molar-refractivity contribution >= 4 is 81.5 Å². The molecule has 0 fully saturated rings. The number of hydrogen-bond acceptors (Lipinski definition) is 12. The van der Waals surface area contributed by atoms with Crippen molar-refractivity contribution in [2.24, 2.45) is 0 Å². The van der Waals surface area contributed by atoms with Gasteiger partial charge in [0.1, 0.15) is 28.4 Å². The summed E-state index contributed by atoms with van der Waals surface area (Å²) >= 11 is 3.70. The number of ether oxygens (including phenoxy) is 2. The molecule has 0 spiro atoms. The number of nitrogens with zero attached hydrogens (tertiary/aromatic N) is 8. The summed E-state index contributed by atoms with van der Waals surface area (Å²) in [6.07, 6.45) is 4.21. The van der Waals surface area contributed by atoms with Crippen LogP contribution in [-0.4, -0.2) is 43.1 Å². The van der Waals surface area contributed by atoms with Crippen molar-refractivity contribution in [3.05, 3.63) is 198 Å². The molecule has 0 atom stereocenters. The van der Waals surface area contributed by atoms with Gasteiger partial charge in [-0.2, -0.15) is 18.3 Å². The number of aryl methyl sites for hydroxylation is 2. The Balaban J connectivity index is 0.000000206. The molecule has 0 N–H and O–H groups in total. The van der Waals surface area contributed by atoms with Crippen LogP contribution in [0.1, 0.15) is 27.9 Å². The predicted molar refractivity (Wildman–Crippen MR) is 273 cm³/mol. The van der Waals surface area contributed by atoms with E-state index in [1.54, 1.807) is 42.7 Å². The fraction of sp³-hybridized carbons (Fsp3) is 0.0545. The number of carbonyl (C=O) groups is 2. The third-order valence-electron chi connectivity index (χ3n) is 10.8. The van der Waals surface area contributed by atoms with Crippen LogP contribution in [0.3, 0.4) is 0 Å². The van der Waals surface area contributed by atoms with Crippen LogP contribution >= 0.6 is 12.2 Å². The molecule has 0 saturated heterocycles. The van der Waals surface area contributed by atoms with E-state index in [1.807, 2.05) is 128 Å². The quantitative estimate of drug-likeness (QED) is 0.0490.